The Morgan fingerprint density at radius 3 is 2.70 bits per heavy atom. The summed E-state index contributed by atoms with van der Waals surface area (Å²) in [5.41, 5.74) is 1.65. The zero-order chi connectivity index (χ0) is 16.2. The second-order valence-corrected chi connectivity index (χ2v) is 6.48. The molecule has 120 valence electrons. The van der Waals surface area contributed by atoms with E-state index in [4.69, 9.17) is 9.47 Å². The van der Waals surface area contributed by atoms with Crippen LogP contribution in [0.2, 0.25) is 0 Å². The van der Waals surface area contributed by atoms with Crippen LogP contribution < -0.4 is 9.47 Å². The number of hydrogen-bond donors (Lipinski definition) is 0. The Bertz CT molecular complexity index is 762. The molecule has 0 spiro atoms. The van der Waals surface area contributed by atoms with E-state index in [1.165, 1.54) is 0 Å². The molecule has 6 nitrogen and oxygen atoms in total. The quantitative estimate of drug-likeness (QED) is 0.628. The minimum atomic E-state index is -0.499. The van der Waals surface area contributed by atoms with Crippen molar-refractivity contribution in [3.63, 3.8) is 0 Å². The Labute approximate surface area is 134 Å². The molecule has 1 aliphatic carbocycles. The number of hydrogen-bond acceptors (Lipinski definition) is 5. The minimum absolute atomic E-state index is 0.0226. The van der Waals surface area contributed by atoms with Crippen LogP contribution in [0.15, 0.2) is 24.3 Å². The molecule has 2 bridgehead atoms. The summed E-state index contributed by atoms with van der Waals surface area (Å²) in [6.45, 7) is 4.03. The minimum Gasteiger partial charge on any atom is -0.710 e. The maximum Gasteiger partial charge on any atom is 0.361 e. The number of benzene rings is 1. The zero-order valence-electron chi connectivity index (χ0n) is 13.4. The Balaban J connectivity index is 1.86. The van der Waals surface area contributed by atoms with Crippen LogP contribution in [0, 0.1) is 5.21 Å². The molecular weight excluding hydrogens is 294 g/mol. The molecule has 3 atom stereocenters. The van der Waals surface area contributed by atoms with Crippen molar-refractivity contribution in [3.05, 3.63) is 40.9 Å². The zero-order valence-corrected chi connectivity index (χ0v) is 13.4. The van der Waals surface area contributed by atoms with Gasteiger partial charge in [-0.3, -0.25) is 0 Å². The molecule has 6 heteroatoms. The Morgan fingerprint density at radius 1 is 1.30 bits per heavy atom. The van der Waals surface area contributed by atoms with Crippen LogP contribution in [0.25, 0.3) is 11.4 Å². The van der Waals surface area contributed by atoms with Crippen LogP contribution in [-0.2, 0) is 10.3 Å². The first kappa shape index (κ1) is 14.4. The van der Waals surface area contributed by atoms with Crippen molar-refractivity contribution in [1.29, 1.82) is 0 Å². The summed E-state index contributed by atoms with van der Waals surface area (Å²) >= 11 is 0. The Morgan fingerprint density at radius 2 is 2.04 bits per heavy atom. The fourth-order valence-electron chi connectivity index (χ4n) is 3.77. The van der Waals surface area contributed by atoms with Crippen molar-refractivity contribution in [2.75, 3.05) is 7.11 Å². The third-order valence-corrected chi connectivity index (χ3v) is 5.04. The van der Waals surface area contributed by atoms with Crippen molar-refractivity contribution in [3.8, 4) is 17.1 Å². The second-order valence-electron chi connectivity index (χ2n) is 6.48. The number of nitrogens with zero attached hydrogens (tertiary/aromatic N) is 3. The summed E-state index contributed by atoms with van der Waals surface area (Å²) in [5, 5.41) is 21.5. The smallest absolute Gasteiger partial charge is 0.361 e. The van der Waals surface area contributed by atoms with Gasteiger partial charge < -0.3 is 14.7 Å². The van der Waals surface area contributed by atoms with E-state index < -0.39 is 5.60 Å². The lowest BCUT2D eigenvalue weighted by Gasteiger charge is -2.46. The molecule has 0 radical (unpaired) electrons. The van der Waals surface area contributed by atoms with E-state index in [9.17, 15) is 5.21 Å². The van der Waals surface area contributed by atoms with E-state index in [1.807, 2.05) is 38.1 Å². The van der Waals surface area contributed by atoms with Crippen LogP contribution in [0.4, 0.5) is 0 Å². The van der Waals surface area contributed by atoms with Gasteiger partial charge in [-0.05, 0) is 56.1 Å². The maximum atomic E-state index is 13.0. The van der Waals surface area contributed by atoms with E-state index in [2.05, 4.69) is 10.2 Å². The second kappa shape index (κ2) is 4.89. The third kappa shape index (κ3) is 2.01. The van der Waals surface area contributed by atoms with Crippen LogP contribution in [-0.4, -0.2) is 23.4 Å². The first-order chi connectivity index (χ1) is 11.0. The van der Waals surface area contributed by atoms with Gasteiger partial charge in [0.05, 0.1) is 23.9 Å². The van der Waals surface area contributed by atoms with Crippen molar-refractivity contribution >= 4 is 0 Å². The van der Waals surface area contributed by atoms with Crippen molar-refractivity contribution < 1.29 is 14.2 Å². The molecule has 2 aliphatic heterocycles. The molecule has 0 saturated carbocycles. The predicted molar refractivity (Wildman–Crippen MR) is 82.9 cm³/mol. The molecule has 1 saturated heterocycles. The van der Waals surface area contributed by atoms with Gasteiger partial charge in [0.25, 0.3) is 0 Å². The standard InChI is InChI=1S/C17H19N3O3/c1-10-13-8-9-17(2,23-10)15-14(13)20(21)16(19-18-15)11-4-6-12(22-3)7-5-11/h4-7,10,13H,8-9H2,1-3H3. The molecule has 5 rings (SSSR count). The normalized spacial score (nSPS) is 28.5. The molecule has 23 heavy (non-hydrogen) atoms. The average Bonchev–Trinajstić information content (AvgIpc) is 2.55. The average molecular weight is 313 g/mol. The Hall–Kier alpha value is -2.21. The van der Waals surface area contributed by atoms with Gasteiger partial charge in [0, 0.05) is 5.92 Å². The maximum absolute atomic E-state index is 13.0. The van der Waals surface area contributed by atoms with Crippen molar-refractivity contribution in [2.24, 2.45) is 0 Å². The van der Waals surface area contributed by atoms with Gasteiger partial charge in [-0.15, -0.1) is 0 Å². The topological polar surface area (TPSA) is 71.2 Å². The van der Waals surface area contributed by atoms with E-state index >= 15 is 0 Å². The van der Waals surface area contributed by atoms with Gasteiger partial charge >= 0.3 is 5.82 Å². The highest BCUT2D eigenvalue weighted by molar-refractivity contribution is 5.53. The van der Waals surface area contributed by atoms with E-state index in [1.54, 1.807) is 7.11 Å². The van der Waals surface area contributed by atoms with E-state index in [0.29, 0.717) is 11.5 Å². The highest BCUT2D eigenvalue weighted by atomic mass is 16.5. The van der Waals surface area contributed by atoms with Gasteiger partial charge in [-0.25, -0.2) is 4.73 Å². The Kier molecular flexibility index (Phi) is 3.06. The predicted octanol–water partition coefficient (Wildman–Crippen LogP) is 2.30. The fourth-order valence-corrected chi connectivity index (χ4v) is 3.77. The lowest BCUT2D eigenvalue weighted by atomic mass is 9.74. The molecule has 3 unspecified atom stereocenters. The third-order valence-electron chi connectivity index (χ3n) is 5.04. The summed E-state index contributed by atoms with van der Waals surface area (Å²) in [7, 11) is 1.61. The first-order valence-electron chi connectivity index (χ1n) is 7.86. The van der Waals surface area contributed by atoms with Crippen LogP contribution in [0.3, 0.4) is 0 Å². The van der Waals surface area contributed by atoms with Crippen molar-refractivity contribution in [2.45, 2.75) is 44.3 Å². The van der Waals surface area contributed by atoms with E-state index in [0.717, 1.165) is 34.6 Å². The first-order valence-corrected chi connectivity index (χ1v) is 7.86. The molecule has 1 aromatic heterocycles. The molecule has 0 amide bonds. The number of rotatable bonds is 2. The molecule has 1 fully saturated rings. The molecule has 0 N–H and O–H groups in total. The van der Waals surface area contributed by atoms with Crippen LogP contribution >= 0.6 is 0 Å². The summed E-state index contributed by atoms with van der Waals surface area (Å²) in [6.07, 6.45) is 1.85. The highest BCUT2D eigenvalue weighted by Gasteiger charge is 2.51. The summed E-state index contributed by atoms with van der Waals surface area (Å²) < 4.78 is 12.2. The number of aromatic nitrogens is 3. The number of fused-ring (bicyclic) bond motifs is 2. The lowest BCUT2D eigenvalue weighted by Crippen LogP contribution is -2.53. The molecular formula is C17H19N3O3. The van der Waals surface area contributed by atoms with Gasteiger partial charge in [0.2, 0.25) is 0 Å². The molecule has 3 heterocycles. The highest BCUT2D eigenvalue weighted by Crippen LogP contribution is 2.49. The van der Waals surface area contributed by atoms with Gasteiger partial charge in [-0.2, -0.15) is 0 Å². The van der Waals surface area contributed by atoms with Crippen LogP contribution in [0.5, 0.6) is 5.75 Å². The van der Waals surface area contributed by atoms with Gasteiger partial charge in [0.1, 0.15) is 17.0 Å². The monoisotopic (exact) mass is 313 g/mol. The lowest BCUT2D eigenvalue weighted by molar-refractivity contribution is -0.612. The summed E-state index contributed by atoms with van der Waals surface area (Å²) in [4.78, 5) is 0. The van der Waals surface area contributed by atoms with Gasteiger partial charge in [-0.1, -0.05) is 0 Å². The van der Waals surface area contributed by atoms with Gasteiger partial charge in [0.15, 0.2) is 5.69 Å². The summed E-state index contributed by atoms with van der Waals surface area (Å²) in [6, 6.07) is 7.28. The fraction of sp³-hybridized carbons (Fsp3) is 0.471. The molecule has 2 aromatic rings. The largest absolute Gasteiger partial charge is 0.710 e. The molecule has 1 aromatic carbocycles. The van der Waals surface area contributed by atoms with Crippen LogP contribution in [0.1, 0.15) is 44.0 Å². The SMILES string of the molecule is COc1ccc(-c2nnc3c([n+]2[O-])C2CCC3(C)OC2C)cc1. The summed E-state index contributed by atoms with van der Waals surface area (Å²) in [5.74, 6) is 1.15. The van der Waals surface area contributed by atoms with E-state index in [-0.39, 0.29) is 12.0 Å². The number of methoxy groups -OCH3 is 1. The van der Waals surface area contributed by atoms with Crippen molar-refractivity contribution in [1.82, 2.24) is 10.2 Å². The number of ether oxygens (including phenoxy) is 2. The molecule has 3 aliphatic rings.